The average Bonchev–Trinajstić information content (AvgIpc) is 2.09. The molecule has 0 aliphatic rings. The highest BCUT2D eigenvalue weighted by molar-refractivity contribution is 4.75. The maximum Gasteiger partial charge on any atom is 0.00723 e. The molecule has 0 saturated carbocycles. The summed E-state index contributed by atoms with van der Waals surface area (Å²) in [6.07, 6.45) is 8.32. The van der Waals surface area contributed by atoms with Gasteiger partial charge in [0.2, 0.25) is 0 Å². The number of hydrogen-bond donors (Lipinski definition) is 1. The Hall–Kier alpha value is -0.300. The predicted octanol–water partition coefficient (Wildman–Crippen LogP) is 3.51. The van der Waals surface area contributed by atoms with Gasteiger partial charge < -0.3 is 5.32 Å². The topological polar surface area (TPSA) is 12.0 Å². The summed E-state index contributed by atoms with van der Waals surface area (Å²) in [6.45, 7) is 10.4. The van der Waals surface area contributed by atoms with Crippen LogP contribution < -0.4 is 5.32 Å². The highest BCUT2D eigenvalue weighted by atomic mass is 14.9. The Morgan fingerprint density at radius 2 is 2.00 bits per heavy atom. The first-order chi connectivity index (χ1) is 6.20. The van der Waals surface area contributed by atoms with Crippen molar-refractivity contribution in [2.24, 2.45) is 0 Å². The minimum absolute atomic E-state index is 0.603. The van der Waals surface area contributed by atoms with Gasteiger partial charge in [0, 0.05) is 12.1 Å². The molecular formula is C12H25N. The molecule has 0 aromatic rings. The first kappa shape index (κ1) is 12.7. The van der Waals surface area contributed by atoms with Crippen LogP contribution >= 0.6 is 0 Å². The smallest absolute Gasteiger partial charge is 0.00723 e. The Kier molecular flexibility index (Phi) is 8.11. The van der Waals surface area contributed by atoms with E-state index in [0.29, 0.717) is 12.1 Å². The second kappa shape index (κ2) is 8.31. The maximum atomic E-state index is 3.76. The molecule has 0 rings (SSSR count). The van der Waals surface area contributed by atoms with Crippen LogP contribution in [-0.2, 0) is 0 Å². The van der Waals surface area contributed by atoms with Gasteiger partial charge in [0.15, 0.2) is 0 Å². The van der Waals surface area contributed by atoms with Crippen molar-refractivity contribution in [2.45, 2.75) is 65.0 Å². The fraction of sp³-hybridized carbons (Fsp3) is 0.833. The van der Waals surface area contributed by atoms with E-state index in [0.717, 1.165) is 6.42 Å². The van der Waals surface area contributed by atoms with Crippen molar-refractivity contribution >= 4 is 0 Å². The molecule has 0 spiro atoms. The van der Waals surface area contributed by atoms with Crippen molar-refractivity contribution < 1.29 is 0 Å². The van der Waals surface area contributed by atoms with Gasteiger partial charge in [-0.05, 0) is 19.3 Å². The molecule has 0 fully saturated rings. The molecule has 1 heteroatoms. The maximum absolute atomic E-state index is 3.76. The Labute approximate surface area is 83.6 Å². The van der Waals surface area contributed by atoms with Crippen LogP contribution in [0.3, 0.4) is 0 Å². The molecule has 78 valence electrons. The van der Waals surface area contributed by atoms with Gasteiger partial charge in [-0.1, -0.05) is 39.7 Å². The molecule has 0 amide bonds. The van der Waals surface area contributed by atoms with E-state index in [1.165, 1.54) is 25.7 Å². The number of nitrogens with one attached hydrogen (secondary N) is 1. The number of hydrogen-bond acceptors (Lipinski definition) is 1. The highest BCUT2D eigenvalue weighted by Crippen LogP contribution is 2.08. The molecule has 0 aliphatic heterocycles. The summed E-state index contributed by atoms with van der Waals surface area (Å²) in [6, 6.07) is 1.30. The third-order valence-corrected chi connectivity index (χ3v) is 2.19. The summed E-state index contributed by atoms with van der Waals surface area (Å²) in [7, 11) is 0. The van der Waals surface area contributed by atoms with Gasteiger partial charge in [0.05, 0.1) is 0 Å². The third kappa shape index (κ3) is 8.04. The fourth-order valence-corrected chi connectivity index (χ4v) is 1.55. The van der Waals surface area contributed by atoms with Gasteiger partial charge in [-0.3, -0.25) is 0 Å². The largest absolute Gasteiger partial charge is 0.312 e. The quantitative estimate of drug-likeness (QED) is 0.568. The van der Waals surface area contributed by atoms with Crippen molar-refractivity contribution in [3.63, 3.8) is 0 Å². The molecule has 0 saturated heterocycles. The highest BCUT2D eigenvalue weighted by Gasteiger charge is 2.07. The molecule has 0 aromatic carbocycles. The van der Waals surface area contributed by atoms with E-state index < -0.39 is 0 Å². The summed E-state index contributed by atoms with van der Waals surface area (Å²) in [5.74, 6) is 0. The summed E-state index contributed by atoms with van der Waals surface area (Å²) in [5, 5.41) is 3.60. The van der Waals surface area contributed by atoms with Gasteiger partial charge in [0.25, 0.3) is 0 Å². The van der Waals surface area contributed by atoms with E-state index in [9.17, 15) is 0 Å². The Morgan fingerprint density at radius 1 is 1.31 bits per heavy atom. The lowest BCUT2D eigenvalue weighted by Gasteiger charge is -2.20. The second-order valence-corrected chi connectivity index (χ2v) is 4.03. The Morgan fingerprint density at radius 3 is 2.46 bits per heavy atom. The van der Waals surface area contributed by atoms with Crippen LogP contribution in [0.1, 0.15) is 52.9 Å². The number of allylic oxidation sites excluding steroid dienone is 1. The van der Waals surface area contributed by atoms with E-state index in [1.807, 2.05) is 6.08 Å². The molecule has 0 bridgehead atoms. The van der Waals surface area contributed by atoms with E-state index in [1.54, 1.807) is 0 Å². The first-order valence-corrected chi connectivity index (χ1v) is 5.57. The van der Waals surface area contributed by atoms with Crippen LogP contribution in [0.2, 0.25) is 0 Å². The van der Waals surface area contributed by atoms with Crippen molar-refractivity contribution in [3.8, 4) is 0 Å². The zero-order valence-corrected chi connectivity index (χ0v) is 9.47. The van der Waals surface area contributed by atoms with Crippen LogP contribution in [0.15, 0.2) is 12.7 Å². The van der Waals surface area contributed by atoms with Gasteiger partial charge in [-0.2, -0.15) is 0 Å². The van der Waals surface area contributed by atoms with E-state index in [-0.39, 0.29) is 0 Å². The predicted molar refractivity (Wildman–Crippen MR) is 61.0 cm³/mol. The molecule has 0 aliphatic carbocycles. The summed E-state index contributed by atoms with van der Waals surface area (Å²) in [5.41, 5.74) is 0. The van der Waals surface area contributed by atoms with Crippen molar-refractivity contribution in [2.75, 3.05) is 0 Å². The lowest BCUT2D eigenvalue weighted by Crippen LogP contribution is -2.34. The molecule has 0 radical (unpaired) electrons. The van der Waals surface area contributed by atoms with Crippen molar-refractivity contribution in [1.29, 1.82) is 0 Å². The van der Waals surface area contributed by atoms with Crippen LogP contribution in [-0.4, -0.2) is 12.1 Å². The van der Waals surface area contributed by atoms with E-state index in [4.69, 9.17) is 0 Å². The van der Waals surface area contributed by atoms with Crippen LogP contribution in [0.4, 0.5) is 0 Å². The molecule has 1 unspecified atom stereocenters. The van der Waals surface area contributed by atoms with Crippen molar-refractivity contribution in [1.82, 2.24) is 5.32 Å². The van der Waals surface area contributed by atoms with Crippen LogP contribution in [0.5, 0.6) is 0 Å². The van der Waals surface area contributed by atoms with Gasteiger partial charge in [0.1, 0.15) is 0 Å². The summed E-state index contributed by atoms with van der Waals surface area (Å²) < 4.78 is 0. The summed E-state index contributed by atoms with van der Waals surface area (Å²) in [4.78, 5) is 0. The molecule has 1 nitrogen and oxygen atoms in total. The molecule has 1 N–H and O–H groups in total. The minimum atomic E-state index is 0.603. The minimum Gasteiger partial charge on any atom is -0.312 e. The van der Waals surface area contributed by atoms with Crippen molar-refractivity contribution in [3.05, 3.63) is 12.7 Å². The normalized spacial score (nSPS) is 13.2. The molecule has 1 atom stereocenters. The number of unbranched alkanes of at least 4 members (excludes halogenated alkanes) is 1. The van der Waals surface area contributed by atoms with Gasteiger partial charge in [-0.25, -0.2) is 0 Å². The SMILES string of the molecule is C=CCCC(CCCC)NC(C)C. The van der Waals surface area contributed by atoms with Crippen LogP contribution in [0.25, 0.3) is 0 Å². The van der Waals surface area contributed by atoms with Crippen LogP contribution in [0, 0.1) is 0 Å². The van der Waals surface area contributed by atoms with Gasteiger partial charge in [-0.15, -0.1) is 6.58 Å². The lowest BCUT2D eigenvalue weighted by atomic mass is 10.0. The summed E-state index contributed by atoms with van der Waals surface area (Å²) >= 11 is 0. The number of rotatable bonds is 8. The Bertz CT molecular complexity index is 118. The van der Waals surface area contributed by atoms with E-state index >= 15 is 0 Å². The van der Waals surface area contributed by atoms with E-state index in [2.05, 4.69) is 32.7 Å². The average molecular weight is 183 g/mol. The third-order valence-electron chi connectivity index (χ3n) is 2.19. The first-order valence-electron chi connectivity index (χ1n) is 5.57. The molecular weight excluding hydrogens is 158 g/mol. The zero-order valence-electron chi connectivity index (χ0n) is 9.47. The lowest BCUT2D eigenvalue weighted by molar-refractivity contribution is 0.408. The monoisotopic (exact) mass is 183 g/mol. The molecule has 0 heterocycles. The fourth-order valence-electron chi connectivity index (χ4n) is 1.55. The second-order valence-electron chi connectivity index (χ2n) is 4.03. The molecule has 13 heavy (non-hydrogen) atoms. The zero-order chi connectivity index (χ0) is 10.1. The molecule has 0 aromatic heterocycles. The Balaban J connectivity index is 3.65. The standard InChI is InChI=1S/C12H25N/c1-5-7-9-12(10-8-6-2)13-11(3)4/h5,11-13H,1,6-10H2,2-4H3. The van der Waals surface area contributed by atoms with Gasteiger partial charge >= 0.3 is 0 Å².